The number of aromatic nitrogens is 3. The largest absolute Gasteiger partial charge is 0.445 e. The number of allylic oxidation sites excluding steroid dienone is 2. The van der Waals surface area contributed by atoms with E-state index in [-0.39, 0.29) is 6.61 Å². The molecule has 9 nitrogen and oxygen atoms in total. The number of ether oxygens (including phenoxy) is 1. The second-order valence-electron chi connectivity index (χ2n) is 6.82. The summed E-state index contributed by atoms with van der Waals surface area (Å²) in [5.74, 6) is 0.642. The Morgan fingerprint density at radius 2 is 2.00 bits per heavy atom. The smallest absolute Gasteiger partial charge is 0.407 e. The van der Waals surface area contributed by atoms with Crippen LogP contribution in [0, 0.1) is 0 Å². The lowest BCUT2D eigenvalue weighted by Gasteiger charge is -2.10. The first kappa shape index (κ1) is 25.1. The van der Waals surface area contributed by atoms with Crippen molar-refractivity contribution >= 4 is 29.3 Å². The minimum absolute atomic E-state index is 0.232. The summed E-state index contributed by atoms with van der Waals surface area (Å²) in [6.07, 6.45) is 7.06. The van der Waals surface area contributed by atoms with Crippen LogP contribution in [0.4, 0.5) is 10.6 Å². The molecule has 2 aromatic heterocycles. The molecular weight excluding hydrogens is 418 g/mol. The van der Waals surface area contributed by atoms with E-state index in [0.29, 0.717) is 30.0 Å². The van der Waals surface area contributed by atoms with Crippen LogP contribution < -0.4 is 16.1 Å². The molecule has 174 valence electrons. The molecule has 0 radical (unpaired) electrons. The average molecular weight is 450 g/mol. The standard InChI is InChI=1S/C21H25N7O2.C3H6/c1-15(11-26-23-3)18-12-25-20-19(22-2)27-17(13-28(18)20)9-10-24-21(29)30-14-16-7-5-4-6-8-16;1-3-2/h4-8,11-13,23H,1,9-10,14H2,2-3H3,(H,22,27)(H,24,29);3H,1H2,2H3/b26-11-;. The second kappa shape index (κ2) is 13.3. The van der Waals surface area contributed by atoms with Crippen LogP contribution >= 0.6 is 0 Å². The van der Waals surface area contributed by atoms with E-state index in [0.717, 1.165) is 17.0 Å². The molecule has 3 aromatic rings. The number of nitrogens with one attached hydrogen (secondary N) is 3. The molecule has 0 saturated heterocycles. The lowest BCUT2D eigenvalue weighted by atomic mass is 10.2. The van der Waals surface area contributed by atoms with Gasteiger partial charge in [-0.2, -0.15) is 5.10 Å². The number of alkyl carbamates (subject to hydrolysis) is 1. The Balaban J connectivity index is 0.00000122. The third-order valence-corrected chi connectivity index (χ3v) is 4.32. The van der Waals surface area contributed by atoms with Gasteiger partial charge >= 0.3 is 6.09 Å². The Kier molecular flexibility index (Phi) is 10.1. The van der Waals surface area contributed by atoms with Crippen molar-refractivity contribution in [2.24, 2.45) is 5.10 Å². The van der Waals surface area contributed by atoms with Gasteiger partial charge in [0, 0.05) is 38.8 Å². The summed E-state index contributed by atoms with van der Waals surface area (Å²) in [6, 6.07) is 9.54. The molecule has 0 atom stereocenters. The number of imidazole rings is 1. The van der Waals surface area contributed by atoms with Gasteiger partial charge in [-0.25, -0.2) is 14.8 Å². The molecule has 1 amide bonds. The third-order valence-electron chi connectivity index (χ3n) is 4.32. The van der Waals surface area contributed by atoms with E-state index in [1.54, 1.807) is 32.6 Å². The van der Waals surface area contributed by atoms with Crippen LogP contribution in [0.5, 0.6) is 0 Å². The maximum absolute atomic E-state index is 11.9. The molecule has 33 heavy (non-hydrogen) atoms. The lowest BCUT2D eigenvalue weighted by Crippen LogP contribution is -2.26. The monoisotopic (exact) mass is 449 g/mol. The predicted molar refractivity (Wildman–Crippen MR) is 133 cm³/mol. The Morgan fingerprint density at radius 3 is 2.67 bits per heavy atom. The van der Waals surface area contributed by atoms with Crippen molar-refractivity contribution in [3.05, 3.63) is 78.9 Å². The molecule has 2 heterocycles. The topological polar surface area (TPSA) is 105 Å². The number of nitrogens with zero attached hydrogens (tertiary/aromatic N) is 4. The van der Waals surface area contributed by atoms with E-state index in [4.69, 9.17) is 4.74 Å². The van der Waals surface area contributed by atoms with Crippen molar-refractivity contribution in [1.29, 1.82) is 0 Å². The van der Waals surface area contributed by atoms with Gasteiger partial charge in [-0.15, -0.1) is 6.58 Å². The number of fused-ring (bicyclic) bond motifs is 1. The quantitative estimate of drug-likeness (QED) is 0.262. The molecule has 0 saturated carbocycles. The molecule has 0 fully saturated rings. The number of hydrazone groups is 1. The van der Waals surface area contributed by atoms with Crippen molar-refractivity contribution in [1.82, 2.24) is 25.1 Å². The minimum atomic E-state index is -0.464. The molecule has 0 aliphatic heterocycles. The van der Waals surface area contributed by atoms with Gasteiger partial charge in [0.1, 0.15) is 6.61 Å². The summed E-state index contributed by atoms with van der Waals surface area (Å²) in [7, 11) is 3.51. The Hall–Kier alpha value is -4.14. The zero-order chi connectivity index (χ0) is 24.1. The van der Waals surface area contributed by atoms with Crippen LogP contribution in [0.2, 0.25) is 0 Å². The number of rotatable bonds is 9. The molecule has 1 aromatic carbocycles. The van der Waals surface area contributed by atoms with Gasteiger partial charge in [0.15, 0.2) is 11.5 Å². The molecule has 0 unspecified atom stereocenters. The fourth-order valence-electron chi connectivity index (χ4n) is 2.84. The van der Waals surface area contributed by atoms with Crippen LogP contribution in [0.15, 0.2) is 67.1 Å². The van der Waals surface area contributed by atoms with E-state index in [2.05, 4.69) is 44.3 Å². The number of hydrogen-bond acceptors (Lipinski definition) is 7. The van der Waals surface area contributed by atoms with Gasteiger partial charge in [-0.05, 0) is 12.5 Å². The van der Waals surface area contributed by atoms with E-state index in [9.17, 15) is 4.79 Å². The molecule has 3 N–H and O–H groups in total. The number of carbonyl (C=O) groups excluding carboxylic acids is 1. The van der Waals surface area contributed by atoms with Crippen molar-refractivity contribution < 1.29 is 9.53 Å². The number of amides is 1. The van der Waals surface area contributed by atoms with E-state index >= 15 is 0 Å². The maximum atomic E-state index is 11.9. The van der Waals surface area contributed by atoms with Crippen molar-refractivity contribution in [3.63, 3.8) is 0 Å². The summed E-state index contributed by atoms with van der Waals surface area (Å²) in [5, 5.41) is 9.81. The number of carbonyl (C=O) groups is 1. The van der Waals surface area contributed by atoms with Crippen LogP contribution in [-0.4, -0.2) is 47.3 Å². The lowest BCUT2D eigenvalue weighted by molar-refractivity contribution is 0.140. The van der Waals surface area contributed by atoms with Gasteiger partial charge < -0.3 is 20.8 Å². The molecular formula is C24H31N7O2. The number of anilines is 1. The van der Waals surface area contributed by atoms with Gasteiger partial charge in [-0.1, -0.05) is 43.0 Å². The highest BCUT2D eigenvalue weighted by atomic mass is 16.5. The van der Waals surface area contributed by atoms with Gasteiger partial charge in [0.25, 0.3) is 0 Å². The van der Waals surface area contributed by atoms with Gasteiger partial charge in [-0.3, -0.25) is 4.40 Å². The van der Waals surface area contributed by atoms with Crippen molar-refractivity contribution in [3.8, 4) is 0 Å². The van der Waals surface area contributed by atoms with Crippen LogP contribution in [-0.2, 0) is 17.8 Å². The van der Waals surface area contributed by atoms with Crippen molar-refractivity contribution in [2.75, 3.05) is 26.0 Å². The molecule has 0 bridgehead atoms. The van der Waals surface area contributed by atoms with E-state index in [1.165, 1.54) is 0 Å². The van der Waals surface area contributed by atoms with E-state index < -0.39 is 6.09 Å². The Morgan fingerprint density at radius 1 is 1.27 bits per heavy atom. The fraction of sp³-hybridized carbons (Fsp3) is 0.250. The first-order chi connectivity index (χ1) is 16.0. The highest BCUT2D eigenvalue weighted by Crippen LogP contribution is 2.19. The average Bonchev–Trinajstić information content (AvgIpc) is 3.26. The molecule has 0 spiro atoms. The summed E-state index contributed by atoms with van der Waals surface area (Å²) < 4.78 is 7.14. The van der Waals surface area contributed by atoms with Crippen LogP contribution in [0.1, 0.15) is 23.9 Å². The van der Waals surface area contributed by atoms with Crippen LogP contribution in [0.3, 0.4) is 0 Å². The molecule has 0 aliphatic carbocycles. The number of hydrogen-bond donors (Lipinski definition) is 3. The van der Waals surface area contributed by atoms with Gasteiger partial charge in [0.2, 0.25) is 0 Å². The molecule has 9 heteroatoms. The Bertz CT molecular complexity index is 1090. The zero-order valence-electron chi connectivity index (χ0n) is 19.3. The first-order valence-electron chi connectivity index (χ1n) is 10.5. The van der Waals surface area contributed by atoms with Crippen molar-refractivity contribution in [2.45, 2.75) is 20.0 Å². The van der Waals surface area contributed by atoms with E-state index in [1.807, 2.05) is 47.9 Å². The summed E-state index contributed by atoms with van der Waals surface area (Å²) >= 11 is 0. The minimum Gasteiger partial charge on any atom is -0.445 e. The highest BCUT2D eigenvalue weighted by molar-refractivity contribution is 6.08. The summed E-state index contributed by atoms with van der Waals surface area (Å²) in [6.45, 7) is 9.91. The maximum Gasteiger partial charge on any atom is 0.407 e. The first-order valence-corrected chi connectivity index (χ1v) is 10.5. The summed E-state index contributed by atoms with van der Waals surface area (Å²) in [4.78, 5) is 20.9. The highest BCUT2D eigenvalue weighted by Gasteiger charge is 2.12. The van der Waals surface area contributed by atoms with Gasteiger partial charge in [0.05, 0.1) is 23.8 Å². The third kappa shape index (κ3) is 7.49. The Labute approximate surface area is 194 Å². The number of benzene rings is 1. The zero-order valence-corrected chi connectivity index (χ0v) is 19.3. The molecule has 0 aliphatic rings. The van der Waals surface area contributed by atoms with Crippen LogP contribution in [0.25, 0.3) is 11.2 Å². The SMILES string of the molecule is C=C(/C=N\NC)c1cnc2c(NC)nc(CCNC(=O)OCc3ccccc3)cn12.C=CC. The predicted octanol–water partition coefficient (Wildman–Crippen LogP) is 3.65. The molecule has 3 rings (SSSR count). The fourth-order valence-corrected chi connectivity index (χ4v) is 2.84. The summed E-state index contributed by atoms with van der Waals surface area (Å²) in [5.41, 5.74) is 6.62. The second-order valence-corrected chi connectivity index (χ2v) is 6.82. The normalized spacial score (nSPS) is 10.3.